The molecule has 1 aliphatic rings. The van der Waals surface area contributed by atoms with E-state index in [1.54, 1.807) is 0 Å². The van der Waals surface area contributed by atoms with Gasteiger partial charge in [-0.15, -0.1) is 0 Å². The Morgan fingerprint density at radius 2 is 1.83 bits per heavy atom. The molecular formula is C17H27N. The fourth-order valence-corrected chi connectivity index (χ4v) is 2.98. The molecule has 1 saturated heterocycles. The molecule has 0 bridgehead atoms. The number of benzene rings is 1. The lowest BCUT2D eigenvalue weighted by Gasteiger charge is -2.33. The molecule has 1 heterocycles. The molecule has 0 unspecified atom stereocenters. The zero-order chi connectivity index (χ0) is 13.0. The van der Waals surface area contributed by atoms with Crippen molar-refractivity contribution in [2.45, 2.75) is 46.6 Å². The van der Waals surface area contributed by atoms with Gasteiger partial charge in [0.2, 0.25) is 0 Å². The van der Waals surface area contributed by atoms with Crippen LogP contribution in [0.2, 0.25) is 0 Å². The number of hydrogen-bond donors (Lipinski definition) is 0. The summed E-state index contributed by atoms with van der Waals surface area (Å²) in [4.78, 5) is 2.62. The maximum Gasteiger partial charge on any atom is 0.0233 e. The molecule has 0 amide bonds. The molecule has 0 saturated carbocycles. The summed E-state index contributed by atoms with van der Waals surface area (Å²) in [5.41, 5.74) is 2.95. The normalized spacial score (nSPS) is 18.4. The van der Waals surface area contributed by atoms with E-state index < -0.39 is 0 Å². The standard InChI is InChI=1S/C17H27N/c1-4-15-6-5-7-16(12-15)13-18-10-8-17(9-11-18)14(2)3/h5-7,12,14,17H,4,8-11,13H2,1-3H3. The van der Waals surface area contributed by atoms with Crippen LogP contribution in [-0.4, -0.2) is 18.0 Å². The average molecular weight is 245 g/mol. The van der Waals surface area contributed by atoms with Crippen molar-refractivity contribution in [3.63, 3.8) is 0 Å². The molecule has 0 aliphatic carbocycles. The highest BCUT2D eigenvalue weighted by atomic mass is 15.1. The lowest BCUT2D eigenvalue weighted by atomic mass is 9.86. The predicted molar refractivity (Wildman–Crippen MR) is 78.7 cm³/mol. The molecule has 1 nitrogen and oxygen atoms in total. The van der Waals surface area contributed by atoms with Crippen LogP contribution in [-0.2, 0) is 13.0 Å². The summed E-state index contributed by atoms with van der Waals surface area (Å²) in [6, 6.07) is 9.08. The van der Waals surface area contributed by atoms with E-state index in [0.29, 0.717) is 0 Å². The first-order valence-corrected chi connectivity index (χ1v) is 7.49. The van der Waals surface area contributed by atoms with E-state index >= 15 is 0 Å². The highest BCUT2D eigenvalue weighted by molar-refractivity contribution is 5.23. The predicted octanol–water partition coefficient (Wildman–Crippen LogP) is 4.12. The van der Waals surface area contributed by atoms with Gasteiger partial charge >= 0.3 is 0 Å². The van der Waals surface area contributed by atoms with Crippen molar-refractivity contribution in [2.24, 2.45) is 11.8 Å². The van der Waals surface area contributed by atoms with Crippen LogP contribution in [0.1, 0.15) is 44.7 Å². The van der Waals surface area contributed by atoms with Gasteiger partial charge in [0.15, 0.2) is 0 Å². The molecular weight excluding hydrogens is 218 g/mol. The summed E-state index contributed by atoms with van der Waals surface area (Å²) in [6.45, 7) is 10.7. The average Bonchev–Trinajstić information content (AvgIpc) is 2.39. The Morgan fingerprint density at radius 1 is 1.17 bits per heavy atom. The van der Waals surface area contributed by atoms with Crippen molar-refractivity contribution in [3.05, 3.63) is 35.4 Å². The quantitative estimate of drug-likeness (QED) is 0.771. The largest absolute Gasteiger partial charge is 0.299 e. The van der Waals surface area contributed by atoms with Crippen LogP contribution in [0.25, 0.3) is 0 Å². The SMILES string of the molecule is CCc1cccc(CN2CCC(C(C)C)CC2)c1. The molecule has 0 N–H and O–H groups in total. The van der Waals surface area contributed by atoms with E-state index in [1.807, 2.05) is 0 Å². The second-order valence-corrected chi connectivity index (χ2v) is 6.03. The van der Waals surface area contributed by atoms with Crippen LogP contribution in [0.3, 0.4) is 0 Å². The highest BCUT2D eigenvalue weighted by Gasteiger charge is 2.21. The summed E-state index contributed by atoms with van der Waals surface area (Å²) in [5.74, 6) is 1.80. The van der Waals surface area contributed by atoms with Crippen molar-refractivity contribution < 1.29 is 0 Å². The molecule has 1 aromatic carbocycles. The Morgan fingerprint density at radius 3 is 2.44 bits per heavy atom. The maximum absolute atomic E-state index is 2.62. The first-order valence-electron chi connectivity index (χ1n) is 7.49. The van der Waals surface area contributed by atoms with E-state index in [0.717, 1.165) is 24.8 Å². The number of nitrogens with zero attached hydrogens (tertiary/aromatic N) is 1. The van der Waals surface area contributed by atoms with E-state index in [2.05, 4.69) is 49.9 Å². The van der Waals surface area contributed by atoms with Gasteiger partial charge in [0.1, 0.15) is 0 Å². The fraction of sp³-hybridized carbons (Fsp3) is 0.647. The Labute approximate surface area is 112 Å². The van der Waals surface area contributed by atoms with Gasteiger partial charge < -0.3 is 0 Å². The van der Waals surface area contributed by atoms with Gasteiger partial charge in [-0.2, -0.15) is 0 Å². The van der Waals surface area contributed by atoms with Gasteiger partial charge in [-0.05, 0) is 55.3 Å². The minimum Gasteiger partial charge on any atom is -0.299 e. The molecule has 100 valence electrons. The molecule has 18 heavy (non-hydrogen) atoms. The van der Waals surface area contributed by atoms with Crippen molar-refractivity contribution in [1.29, 1.82) is 0 Å². The highest BCUT2D eigenvalue weighted by Crippen LogP contribution is 2.25. The number of hydrogen-bond acceptors (Lipinski definition) is 1. The van der Waals surface area contributed by atoms with Gasteiger partial charge in [-0.1, -0.05) is 45.0 Å². The van der Waals surface area contributed by atoms with Gasteiger partial charge in [-0.25, -0.2) is 0 Å². The summed E-state index contributed by atoms with van der Waals surface area (Å²) in [6.07, 6.45) is 3.90. The Kier molecular flexibility index (Phi) is 4.82. The van der Waals surface area contributed by atoms with Crippen LogP contribution >= 0.6 is 0 Å². The van der Waals surface area contributed by atoms with Crippen LogP contribution in [0.15, 0.2) is 24.3 Å². The molecule has 1 fully saturated rings. The third kappa shape index (κ3) is 3.58. The Balaban J connectivity index is 1.87. The van der Waals surface area contributed by atoms with Crippen molar-refractivity contribution in [1.82, 2.24) is 4.90 Å². The van der Waals surface area contributed by atoms with Crippen LogP contribution in [0.5, 0.6) is 0 Å². The van der Waals surface area contributed by atoms with E-state index in [4.69, 9.17) is 0 Å². The molecule has 1 heteroatoms. The van der Waals surface area contributed by atoms with Gasteiger partial charge in [0, 0.05) is 6.54 Å². The molecule has 1 aromatic rings. The Bertz CT molecular complexity index is 362. The number of rotatable bonds is 4. The summed E-state index contributed by atoms with van der Waals surface area (Å²) < 4.78 is 0. The summed E-state index contributed by atoms with van der Waals surface area (Å²) >= 11 is 0. The molecule has 0 radical (unpaired) electrons. The van der Waals surface area contributed by atoms with Crippen molar-refractivity contribution in [3.8, 4) is 0 Å². The molecule has 0 spiro atoms. The lowest BCUT2D eigenvalue weighted by molar-refractivity contribution is 0.152. The van der Waals surface area contributed by atoms with Crippen molar-refractivity contribution >= 4 is 0 Å². The maximum atomic E-state index is 2.62. The summed E-state index contributed by atoms with van der Waals surface area (Å²) in [5, 5.41) is 0. The first-order chi connectivity index (χ1) is 8.69. The smallest absolute Gasteiger partial charge is 0.0233 e. The number of piperidine rings is 1. The fourth-order valence-electron chi connectivity index (χ4n) is 2.98. The third-order valence-corrected chi connectivity index (χ3v) is 4.38. The lowest BCUT2D eigenvalue weighted by Crippen LogP contribution is -2.34. The second-order valence-electron chi connectivity index (χ2n) is 6.03. The Hall–Kier alpha value is -0.820. The zero-order valence-corrected chi connectivity index (χ0v) is 12.2. The first kappa shape index (κ1) is 13.6. The zero-order valence-electron chi connectivity index (χ0n) is 12.2. The number of aryl methyl sites for hydroxylation is 1. The van der Waals surface area contributed by atoms with Gasteiger partial charge in [-0.3, -0.25) is 4.90 Å². The van der Waals surface area contributed by atoms with E-state index in [-0.39, 0.29) is 0 Å². The van der Waals surface area contributed by atoms with Crippen LogP contribution in [0, 0.1) is 11.8 Å². The van der Waals surface area contributed by atoms with Gasteiger partial charge in [0.25, 0.3) is 0 Å². The molecule has 1 aliphatic heterocycles. The minimum absolute atomic E-state index is 0.857. The van der Waals surface area contributed by atoms with E-state index in [9.17, 15) is 0 Å². The van der Waals surface area contributed by atoms with Crippen LogP contribution in [0.4, 0.5) is 0 Å². The van der Waals surface area contributed by atoms with Crippen LogP contribution < -0.4 is 0 Å². The monoisotopic (exact) mass is 245 g/mol. The van der Waals surface area contributed by atoms with E-state index in [1.165, 1.54) is 37.1 Å². The minimum atomic E-state index is 0.857. The molecule has 0 aromatic heterocycles. The number of likely N-dealkylation sites (tertiary alicyclic amines) is 1. The molecule has 2 rings (SSSR count). The summed E-state index contributed by atoms with van der Waals surface area (Å²) in [7, 11) is 0. The van der Waals surface area contributed by atoms with Gasteiger partial charge in [0.05, 0.1) is 0 Å². The molecule has 0 atom stereocenters. The third-order valence-electron chi connectivity index (χ3n) is 4.38. The second kappa shape index (κ2) is 6.38. The topological polar surface area (TPSA) is 3.24 Å². The van der Waals surface area contributed by atoms with Crippen molar-refractivity contribution in [2.75, 3.05) is 13.1 Å².